The average molecular weight is 362 g/mol. The van der Waals surface area contributed by atoms with Gasteiger partial charge < -0.3 is 15.4 Å². The van der Waals surface area contributed by atoms with E-state index in [9.17, 15) is 27.9 Å². The fourth-order valence-electron chi connectivity index (χ4n) is 2.52. The number of pyridine rings is 1. The van der Waals surface area contributed by atoms with E-state index in [1.165, 1.54) is 12.1 Å². The molecule has 0 spiro atoms. The zero-order valence-corrected chi connectivity index (χ0v) is 13.2. The molecule has 0 atom stereocenters. The van der Waals surface area contributed by atoms with Gasteiger partial charge in [0.25, 0.3) is 5.56 Å². The van der Waals surface area contributed by atoms with Gasteiger partial charge in [-0.05, 0) is 29.8 Å². The van der Waals surface area contributed by atoms with Crippen LogP contribution >= 0.6 is 0 Å². The highest BCUT2D eigenvalue weighted by Crippen LogP contribution is 2.30. The fraction of sp³-hybridized carbons (Fsp3) is 0.111. The summed E-state index contributed by atoms with van der Waals surface area (Å²) in [6.07, 6.45) is -4.70. The number of nitrogens with one attached hydrogen (secondary N) is 2. The number of anilines is 1. The number of carbonyl (C=O) groups is 1. The topological polar surface area (TPSA) is 82.2 Å². The van der Waals surface area contributed by atoms with E-state index in [1.807, 2.05) is 0 Å². The maximum Gasteiger partial charge on any atom is 0.416 e. The molecule has 3 rings (SSSR count). The number of benzene rings is 2. The first kappa shape index (κ1) is 17.5. The number of halogens is 3. The Labute approximate surface area is 145 Å². The van der Waals surface area contributed by atoms with Crippen molar-refractivity contribution in [3.05, 3.63) is 70.0 Å². The first-order valence-electron chi connectivity index (χ1n) is 7.55. The minimum atomic E-state index is -4.45. The Morgan fingerprint density at radius 1 is 1.08 bits per heavy atom. The number of alkyl halides is 3. The molecule has 0 bridgehead atoms. The molecule has 3 N–H and O–H groups in total. The van der Waals surface area contributed by atoms with Crippen molar-refractivity contribution in [1.82, 2.24) is 4.98 Å². The van der Waals surface area contributed by atoms with Gasteiger partial charge in [-0.1, -0.05) is 24.3 Å². The summed E-state index contributed by atoms with van der Waals surface area (Å²) in [6.45, 7) is 0. The molecule has 0 aliphatic rings. The lowest BCUT2D eigenvalue weighted by atomic mass is 10.1. The van der Waals surface area contributed by atoms with Crippen molar-refractivity contribution in [2.75, 3.05) is 5.32 Å². The van der Waals surface area contributed by atoms with Gasteiger partial charge >= 0.3 is 6.18 Å². The lowest BCUT2D eigenvalue weighted by molar-refractivity contribution is -0.137. The van der Waals surface area contributed by atoms with Gasteiger partial charge in [-0.25, -0.2) is 0 Å². The largest absolute Gasteiger partial charge is 0.505 e. The Balaban J connectivity index is 1.80. The van der Waals surface area contributed by atoms with Crippen molar-refractivity contribution in [2.45, 2.75) is 12.6 Å². The van der Waals surface area contributed by atoms with Crippen molar-refractivity contribution in [3.63, 3.8) is 0 Å². The van der Waals surface area contributed by atoms with Gasteiger partial charge in [0.05, 0.1) is 17.5 Å². The van der Waals surface area contributed by atoms with Crippen LogP contribution in [0, 0.1) is 0 Å². The molecule has 0 radical (unpaired) electrons. The number of aromatic hydroxyl groups is 1. The minimum Gasteiger partial charge on any atom is -0.505 e. The third-order valence-corrected chi connectivity index (χ3v) is 3.80. The average Bonchev–Trinajstić information content (AvgIpc) is 2.58. The summed E-state index contributed by atoms with van der Waals surface area (Å²) >= 11 is 0. The number of amides is 1. The molecule has 0 aliphatic heterocycles. The van der Waals surface area contributed by atoms with Crippen LogP contribution in [-0.4, -0.2) is 16.0 Å². The van der Waals surface area contributed by atoms with Gasteiger partial charge in [-0.15, -0.1) is 0 Å². The van der Waals surface area contributed by atoms with Crippen LogP contribution in [0.3, 0.4) is 0 Å². The summed E-state index contributed by atoms with van der Waals surface area (Å²) in [4.78, 5) is 26.7. The summed E-state index contributed by atoms with van der Waals surface area (Å²) in [5.74, 6) is -1.01. The summed E-state index contributed by atoms with van der Waals surface area (Å²) in [5, 5.41) is 12.9. The number of H-pyrrole nitrogens is 1. The van der Waals surface area contributed by atoms with Gasteiger partial charge in [0, 0.05) is 5.39 Å². The molecule has 0 fully saturated rings. The number of aromatic amines is 1. The molecule has 1 aromatic heterocycles. The van der Waals surface area contributed by atoms with E-state index in [0.717, 1.165) is 12.1 Å². The van der Waals surface area contributed by atoms with E-state index in [2.05, 4.69) is 10.3 Å². The smallest absolute Gasteiger partial charge is 0.416 e. The van der Waals surface area contributed by atoms with E-state index < -0.39 is 23.2 Å². The second-order valence-electron chi connectivity index (χ2n) is 5.64. The van der Waals surface area contributed by atoms with E-state index in [4.69, 9.17) is 0 Å². The molecule has 0 unspecified atom stereocenters. The molecule has 5 nitrogen and oxygen atoms in total. The van der Waals surface area contributed by atoms with Crippen LogP contribution in [0.1, 0.15) is 11.1 Å². The molecule has 1 amide bonds. The summed E-state index contributed by atoms with van der Waals surface area (Å²) in [6, 6.07) is 10.6. The SMILES string of the molecule is O=C(Cc1ccc(C(F)(F)F)cc1)Nc1c(O)c2ccccc2[nH]c1=O. The molecule has 1 heterocycles. The maximum atomic E-state index is 12.5. The molecular weight excluding hydrogens is 349 g/mol. The number of rotatable bonds is 3. The van der Waals surface area contributed by atoms with E-state index in [0.29, 0.717) is 16.5 Å². The van der Waals surface area contributed by atoms with E-state index in [1.54, 1.807) is 24.3 Å². The maximum absolute atomic E-state index is 12.5. The predicted octanol–water partition coefficient (Wildman–Crippen LogP) is 3.43. The van der Waals surface area contributed by atoms with Gasteiger partial charge in [0.1, 0.15) is 5.69 Å². The highest BCUT2D eigenvalue weighted by Gasteiger charge is 2.30. The zero-order valence-electron chi connectivity index (χ0n) is 13.2. The Kier molecular flexibility index (Phi) is 4.41. The molecule has 0 saturated carbocycles. The van der Waals surface area contributed by atoms with Crippen molar-refractivity contribution in [1.29, 1.82) is 0 Å². The lowest BCUT2D eigenvalue weighted by Gasteiger charge is -2.10. The van der Waals surface area contributed by atoms with Gasteiger partial charge in [0.2, 0.25) is 5.91 Å². The molecule has 2 aromatic carbocycles. The number of hydrogen-bond donors (Lipinski definition) is 3. The van der Waals surface area contributed by atoms with Crippen LogP contribution in [0.15, 0.2) is 53.3 Å². The van der Waals surface area contributed by atoms with Crippen LogP contribution in [0.5, 0.6) is 5.75 Å². The molecule has 0 saturated heterocycles. The number of fused-ring (bicyclic) bond motifs is 1. The quantitative estimate of drug-likeness (QED) is 0.668. The summed E-state index contributed by atoms with van der Waals surface area (Å²) in [7, 11) is 0. The Morgan fingerprint density at radius 3 is 2.38 bits per heavy atom. The van der Waals surface area contributed by atoms with Crippen LogP contribution in [0.2, 0.25) is 0 Å². The summed E-state index contributed by atoms with van der Waals surface area (Å²) < 4.78 is 37.6. The molecule has 134 valence electrons. The zero-order chi connectivity index (χ0) is 18.9. The molecule has 26 heavy (non-hydrogen) atoms. The number of aromatic nitrogens is 1. The number of carbonyl (C=O) groups excluding carboxylic acids is 1. The minimum absolute atomic E-state index is 0.246. The Bertz CT molecular complexity index is 1020. The highest BCUT2D eigenvalue weighted by atomic mass is 19.4. The molecule has 8 heteroatoms. The number of para-hydroxylation sites is 1. The monoisotopic (exact) mass is 362 g/mol. The van der Waals surface area contributed by atoms with Crippen LogP contribution < -0.4 is 10.9 Å². The van der Waals surface area contributed by atoms with Gasteiger partial charge in [-0.3, -0.25) is 9.59 Å². The Morgan fingerprint density at radius 2 is 1.73 bits per heavy atom. The predicted molar refractivity (Wildman–Crippen MR) is 90.0 cm³/mol. The van der Waals surface area contributed by atoms with Crippen LogP contribution in [0.4, 0.5) is 18.9 Å². The van der Waals surface area contributed by atoms with Crippen LogP contribution in [-0.2, 0) is 17.4 Å². The molecular formula is C18H13F3N2O3. The Hall–Kier alpha value is -3.29. The van der Waals surface area contributed by atoms with Gasteiger partial charge in [0.15, 0.2) is 5.75 Å². The van der Waals surface area contributed by atoms with Crippen molar-refractivity contribution in [3.8, 4) is 5.75 Å². The third-order valence-electron chi connectivity index (χ3n) is 3.80. The summed E-state index contributed by atoms with van der Waals surface area (Å²) in [5.41, 5.74) is -1.05. The second kappa shape index (κ2) is 6.55. The number of hydrogen-bond acceptors (Lipinski definition) is 3. The standard InChI is InChI=1S/C18H13F3N2O3/c19-18(20,21)11-7-5-10(6-8-11)9-14(24)23-15-16(25)12-3-1-2-4-13(12)22-17(15)26/h1-8H,9H2,(H,23,24)(H2,22,25,26). The van der Waals surface area contributed by atoms with E-state index >= 15 is 0 Å². The molecule has 0 aliphatic carbocycles. The second-order valence-corrected chi connectivity index (χ2v) is 5.64. The van der Waals surface area contributed by atoms with E-state index in [-0.39, 0.29) is 17.9 Å². The van der Waals surface area contributed by atoms with Crippen molar-refractivity contribution >= 4 is 22.5 Å². The van der Waals surface area contributed by atoms with Gasteiger partial charge in [-0.2, -0.15) is 13.2 Å². The van der Waals surface area contributed by atoms with Crippen LogP contribution in [0.25, 0.3) is 10.9 Å². The fourth-order valence-corrected chi connectivity index (χ4v) is 2.52. The lowest BCUT2D eigenvalue weighted by Crippen LogP contribution is -2.21. The third kappa shape index (κ3) is 3.53. The first-order chi connectivity index (χ1) is 12.3. The van der Waals surface area contributed by atoms with Crippen molar-refractivity contribution in [2.24, 2.45) is 0 Å². The highest BCUT2D eigenvalue weighted by molar-refractivity contribution is 5.98. The van der Waals surface area contributed by atoms with Crippen molar-refractivity contribution < 1.29 is 23.1 Å². The molecule has 3 aromatic rings. The first-order valence-corrected chi connectivity index (χ1v) is 7.55. The normalized spacial score (nSPS) is 11.5.